The Morgan fingerprint density at radius 1 is 1.14 bits per heavy atom. The highest BCUT2D eigenvalue weighted by molar-refractivity contribution is 5.51. The summed E-state index contributed by atoms with van der Waals surface area (Å²) in [5.74, 6) is 1.03. The number of aromatic nitrogens is 2. The van der Waals surface area contributed by atoms with Crippen molar-refractivity contribution in [1.29, 1.82) is 0 Å². The number of ether oxygens (including phenoxy) is 1. The number of hydrogen-bond acceptors (Lipinski definition) is 6. The molecule has 0 unspecified atom stereocenters. The van der Waals surface area contributed by atoms with Crippen LogP contribution in [0.4, 0.5) is 0 Å². The van der Waals surface area contributed by atoms with E-state index in [9.17, 15) is 5.11 Å². The van der Waals surface area contributed by atoms with E-state index in [4.69, 9.17) is 9.15 Å². The summed E-state index contributed by atoms with van der Waals surface area (Å²) in [6, 6.07) is 9.65. The number of nitrogens with one attached hydrogen (secondary N) is 1. The molecule has 3 rings (SSSR count). The minimum absolute atomic E-state index is 0.447. The van der Waals surface area contributed by atoms with Crippen molar-refractivity contribution in [1.82, 2.24) is 15.5 Å². The van der Waals surface area contributed by atoms with Crippen LogP contribution in [0.2, 0.25) is 0 Å². The maximum absolute atomic E-state index is 10.3. The number of nitrogens with zero attached hydrogens (tertiary/aromatic N) is 2. The van der Waals surface area contributed by atoms with Crippen LogP contribution in [0.15, 0.2) is 34.7 Å². The highest BCUT2D eigenvalue weighted by Crippen LogP contribution is 2.20. The summed E-state index contributed by atoms with van der Waals surface area (Å²) in [6.45, 7) is 2.16. The lowest BCUT2D eigenvalue weighted by Gasteiger charge is -2.31. The third kappa shape index (κ3) is 3.66. The monoisotopic (exact) mass is 289 g/mol. The lowest BCUT2D eigenvalue weighted by atomic mass is 9.94. The van der Waals surface area contributed by atoms with Gasteiger partial charge in [0.2, 0.25) is 11.8 Å². The van der Waals surface area contributed by atoms with Crippen molar-refractivity contribution in [2.45, 2.75) is 25.0 Å². The van der Waals surface area contributed by atoms with Crippen molar-refractivity contribution in [2.24, 2.45) is 0 Å². The third-order valence-corrected chi connectivity index (χ3v) is 3.64. The molecule has 1 fully saturated rings. The average Bonchev–Trinajstić information content (AvgIpc) is 2.98. The van der Waals surface area contributed by atoms with Gasteiger partial charge in [-0.05, 0) is 12.1 Å². The smallest absolute Gasteiger partial charge is 0.247 e. The molecule has 2 heterocycles. The number of benzene rings is 1. The van der Waals surface area contributed by atoms with Crippen LogP contribution in [-0.4, -0.2) is 40.7 Å². The Labute approximate surface area is 123 Å². The standard InChI is InChI=1S/C15H19N3O3/c19-15(6-8-20-9-7-15)11-16-10-13-17-18-14(21-13)12-4-2-1-3-5-12/h1-5,16,19H,6-11H2. The van der Waals surface area contributed by atoms with Gasteiger partial charge in [-0.15, -0.1) is 10.2 Å². The molecule has 0 saturated carbocycles. The molecule has 1 aromatic heterocycles. The molecule has 21 heavy (non-hydrogen) atoms. The molecule has 0 amide bonds. The summed E-state index contributed by atoms with van der Waals surface area (Å²) in [4.78, 5) is 0. The van der Waals surface area contributed by atoms with E-state index in [2.05, 4.69) is 15.5 Å². The Hall–Kier alpha value is -1.76. The molecule has 1 aliphatic rings. The summed E-state index contributed by atoms with van der Waals surface area (Å²) in [5.41, 5.74) is 0.208. The predicted molar refractivity (Wildman–Crippen MR) is 76.4 cm³/mol. The summed E-state index contributed by atoms with van der Waals surface area (Å²) in [7, 11) is 0. The maximum atomic E-state index is 10.3. The van der Waals surface area contributed by atoms with Crippen molar-refractivity contribution in [2.75, 3.05) is 19.8 Å². The molecule has 1 saturated heterocycles. The molecule has 0 spiro atoms. The van der Waals surface area contributed by atoms with Gasteiger partial charge in [-0.2, -0.15) is 0 Å². The maximum Gasteiger partial charge on any atom is 0.247 e. The molecule has 1 aromatic carbocycles. The largest absolute Gasteiger partial charge is 0.419 e. The number of hydrogen-bond donors (Lipinski definition) is 2. The molecule has 112 valence electrons. The van der Waals surface area contributed by atoms with Gasteiger partial charge in [-0.3, -0.25) is 0 Å². The van der Waals surface area contributed by atoms with Gasteiger partial charge in [-0.1, -0.05) is 18.2 Å². The summed E-state index contributed by atoms with van der Waals surface area (Å²) < 4.78 is 10.9. The van der Waals surface area contributed by atoms with Crippen LogP contribution < -0.4 is 5.32 Å². The number of rotatable bonds is 5. The number of aliphatic hydroxyl groups is 1. The van der Waals surface area contributed by atoms with E-state index >= 15 is 0 Å². The fourth-order valence-electron chi connectivity index (χ4n) is 2.35. The van der Waals surface area contributed by atoms with Gasteiger partial charge < -0.3 is 19.6 Å². The molecule has 1 aliphatic heterocycles. The van der Waals surface area contributed by atoms with E-state index in [0.29, 0.717) is 50.9 Å². The van der Waals surface area contributed by atoms with Gasteiger partial charge in [0.05, 0.1) is 12.1 Å². The molecule has 0 aliphatic carbocycles. The molecule has 0 atom stereocenters. The first-order valence-corrected chi connectivity index (χ1v) is 7.14. The molecule has 0 bridgehead atoms. The van der Waals surface area contributed by atoms with Gasteiger partial charge in [0.15, 0.2) is 0 Å². The summed E-state index contributed by atoms with van der Waals surface area (Å²) in [6.07, 6.45) is 1.30. The zero-order valence-electron chi connectivity index (χ0n) is 11.8. The van der Waals surface area contributed by atoms with Crippen molar-refractivity contribution < 1.29 is 14.3 Å². The van der Waals surface area contributed by atoms with Crippen molar-refractivity contribution in [3.05, 3.63) is 36.2 Å². The SMILES string of the molecule is OC1(CNCc2nnc(-c3ccccc3)o2)CCOCC1. The van der Waals surface area contributed by atoms with Crippen LogP contribution in [0.25, 0.3) is 11.5 Å². The van der Waals surface area contributed by atoms with Crippen molar-refractivity contribution >= 4 is 0 Å². The zero-order valence-corrected chi connectivity index (χ0v) is 11.8. The third-order valence-electron chi connectivity index (χ3n) is 3.64. The highest BCUT2D eigenvalue weighted by atomic mass is 16.5. The predicted octanol–water partition coefficient (Wildman–Crippen LogP) is 1.37. The van der Waals surface area contributed by atoms with Crippen LogP contribution in [0, 0.1) is 0 Å². The van der Waals surface area contributed by atoms with Crippen LogP contribution in [0.1, 0.15) is 18.7 Å². The fourth-order valence-corrected chi connectivity index (χ4v) is 2.35. The van der Waals surface area contributed by atoms with Gasteiger partial charge in [0.1, 0.15) is 0 Å². The van der Waals surface area contributed by atoms with Crippen LogP contribution in [-0.2, 0) is 11.3 Å². The zero-order chi connectivity index (χ0) is 14.5. The van der Waals surface area contributed by atoms with E-state index in [1.165, 1.54) is 0 Å². The Balaban J connectivity index is 1.53. The molecule has 6 nitrogen and oxygen atoms in total. The van der Waals surface area contributed by atoms with Crippen LogP contribution >= 0.6 is 0 Å². The van der Waals surface area contributed by atoms with E-state index in [-0.39, 0.29) is 0 Å². The lowest BCUT2D eigenvalue weighted by molar-refractivity contribution is -0.0618. The van der Waals surface area contributed by atoms with E-state index < -0.39 is 5.60 Å². The second kappa shape index (κ2) is 6.34. The highest BCUT2D eigenvalue weighted by Gasteiger charge is 2.29. The lowest BCUT2D eigenvalue weighted by Crippen LogP contribution is -2.44. The van der Waals surface area contributed by atoms with Gasteiger partial charge in [-0.25, -0.2) is 0 Å². The van der Waals surface area contributed by atoms with Crippen molar-refractivity contribution in [3.63, 3.8) is 0 Å². The molecular formula is C15H19N3O3. The fraction of sp³-hybridized carbons (Fsp3) is 0.467. The second-order valence-electron chi connectivity index (χ2n) is 5.31. The van der Waals surface area contributed by atoms with E-state index in [1.807, 2.05) is 30.3 Å². The molecule has 2 N–H and O–H groups in total. The minimum Gasteiger partial charge on any atom is -0.419 e. The first-order chi connectivity index (χ1) is 10.3. The van der Waals surface area contributed by atoms with Crippen molar-refractivity contribution in [3.8, 4) is 11.5 Å². The van der Waals surface area contributed by atoms with Gasteiger partial charge in [0, 0.05) is 38.2 Å². The summed E-state index contributed by atoms with van der Waals surface area (Å²) >= 11 is 0. The normalized spacial score (nSPS) is 17.8. The van der Waals surface area contributed by atoms with E-state index in [0.717, 1.165) is 5.56 Å². The Morgan fingerprint density at radius 2 is 1.90 bits per heavy atom. The van der Waals surface area contributed by atoms with Crippen LogP contribution in [0.5, 0.6) is 0 Å². The topological polar surface area (TPSA) is 80.4 Å². The first kappa shape index (κ1) is 14.2. The molecule has 0 radical (unpaired) electrons. The van der Waals surface area contributed by atoms with Crippen LogP contribution in [0.3, 0.4) is 0 Å². The Bertz CT molecular complexity index is 565. The summed E-state index contributed by atoms with van der Waals surface area (Å²) in [5, 5.41) is 21.5. The molecular weight excluding hydrogens is 270 g/mol. The first-order valence-electron chi connectivity index (χ1n) is 7.14. The molecule has 6 heteroatoms. The Kier molecular flexibility index (Phi) is 4.28. The van der Waals surface area contributed by atoms with Gasteiger partial charge in [0.25, 0.3) is 0 Å². The van der Waals surface area contributed by atoms with Gasteiger partial charge >= 0.3 is 0 Å². The second-order valence-corrected chi connectivity index (χ2v) is 5.31. The Morgan fingerprint density at radius 3 is 2.67 bits per heavy atom. The average molecular weight is 289 g/mol. The van der Waals surface area contributed by atoms with E-state index in [1.54, 1.807) is 0 Å². The molecule has 2 aromatic rings. The minimum atomic E-state index is -0.694. The quantitative estimate of drug-likeness (QED) is 0.865.